The molecule has 0 aliphatic carbocycles. The molecule has 4 rings (SSSR count). The number of halogens is 3. The largest absolute Gasteiger partial charge is 0.419 e. The van der Waals surface area contributed by atoms with Crippen molar-refractivity contribution in [2.45, 2.75) is 6.18 Å². The van der Waals surface area contributed by atoms with Crippen LogP contribution in [-0.2, 0) is 6.18 Å². The molecule has 0 unspecified atom stereocenters. The van der Waals surface area contributed by atoms with Crippen molar-refractivity contribution in [3.05, 3.63) is 53.9 Å². The van der Waals surface area contributed by atoms with Crippen LogP contribution in [0.5, 0.6) is 0 Å². The second-order valence-electron chi connectivity index (χ2n) is 5.84. The number of anilines is 1. The van der Waals surface area contributed by atoms with Crippen LogP contribution in [0.1, 0.15) is 15.9 Å². The van der Waals surface area contributed by atoms with Gasteiger partial charge in [0.1, 0.15) is 10.8 Å². The number of amides is 1. The molecule has 1 aromatic carbocycles. The third-order valence-electron chi connectivity index (χ3n) is 4.00. The van der Waals surface area contributed by atoms with Crippen LogP contribution in [0.15, 0.2) is 42.7 Å². The number of nitrogen functional groups attached to an aromatic ring is 1. The maximum Gasteiger partial charge on any atom is 0.419 e. The number of aromatic nitrogens is 4. The molecule has 0 spiro atoms. The van der Waals surface area contributed by atoms with Gasteiger partial charge in [-0.15, -0.1) is 0 Å². The summed E-state index contributed by atoms with van der Waals surface area (Å²) < 4.78 is 40.8. The summed E-state index contributed by atoms with van der Waals surface area (Å²) in [6.07, 6.45) is -1.98. The predicted molar refractivity (Wildman–Crippen MR) is 97.5 cm³/mol. The molecule has 0 saturated heterocycles. The van der Waals surface area contributed by atoms with Gasteiger partial charge in [0.05, 0.1) is 17.5 Å². The van der Waals surface area contributed by atoms with Gasteiger partial charge in [-0.2, -0.15) is 18.3 Å². The standard InChI is InChI=1S/C17H11F3N6OS/c18-17(19,20)11-5-10(6-23-13(11)21)12-7-24-16-26(12)25-15(28-16)9-3-1-2-8(4-9)14(22)27/h1-7H,(H2,21,23)(H2,22,27). The predicted octanol–water partition coefficient (Wildman–Crippen LogP) is 3.22. The van der Waals surface area contributed by atoms with Crippen molar-refractivity contribution in [1.29, 1.82) is 0 Å². The molecule has 1 amide bonds. The fourth-order valence-corrected chi connectivity index (χ4v) is 3.53. The zero-order valence-electron chi connectivity index (χ0n) is 13.9. The summed E-state index contributed by atoms with van der Waals surface area (Å²) in [5.74, 6) is -1.17. The normalized spacial score (nSPS) is 11.8. The number of hydrogen-bond donors (Lipinski definition) is 2. The first-order chi connectivity index (χ1) is 13.2. The summed E-state index contributed by atoms with van der Waals surface area (Å²) in [7, 11) is 0. The van der Waals surface area contributed by atoms with Crippen molar-refractivity contribution in [1.82, 2.24) is 19.6 Å². The first-order valence-corrected chi connectivity index (χ1v) is 8.63. The summed E-state index contributed by atoms with van der Waals surface area (Å²) in [4.78, 5) is 19.7. The fourth-order valence-electron chi connectivity index (χ4n) is 2.65. The number of nitrogens with zero attached hydrogens (tertiary/aromatic N) is 4. The molecule has 0 atom stereocenters. The van der Waals surface area contributed by atoms with Crippen molar-refractivity contribution in [3.63, 3.8) is 0 Å². The third kappa shape index (κ3) is 3.05. The lowest BCUT2D eigenvalue weighted by Crippen LogP contribution is -2.10. The van der Waals surface area contributed by atoms with Gasteiger partial charge >= 0.3 is 6.18 Å². The minimum Gasteiger partial charge on any atom is -0.383 e. The van der Waals surface area contributed by atoms with Crippen LogP contribution in [-0.4, -0.2) is 25.5 Å². The second-order valence-corrected chi connectivity index (χ2v) is 6.80. The van der Waals surface area contributed by atoms with E-state index in [-0.39, 0.29) is 5.56 Å². The molecule has 4 N–H and O–H groups in total. The van der Waals surface area contributed by atoms with Crippen LogP contribution >= 0.6 is 11.3 Å². The quantitative estimate of drug-likeness (QED) is 0.544. The highest BCUT2D eigenvalue weighted by Crippen LogP contribution is 2.36. The van der Waals surface area contributed by atoms with Gasteiger partial charge in [0.2, 0.25) is 10.9 Å². The van der Waals surface area contributed by atoms with E-state index >= 15 is 0 Å². The maximum atomic E-state index is 13.1. The number of primary amides is 1. The monoisotopic (exact) mass is 404 g/mol. The van der Waals surface area contributed by atoms with Crippen LogP contribution < -0.4 is 11.5 Å². The molecular formula is C17H11F3N6OS. The summed E-state index contributed by atoms with van der Waals surface area (Å²) in [6.45, 7) is 0. The van der Waals surface area contributed by atoms with Crippen molar-refractivity contribution >= 4 is 28.0 Å². The van der Waals surface area contributed by atoms with Crippen LogP contribution in [0.3, 0.4) is 0 Å². The number of pyridine rings is 1. The highest BCUT2D eigenvalue weighted by molar-refractivity contribution is 7.19. The lowest BCUT2D eigenvalue weighted by Gasteiger charge is -2.10. The number of rotatable bonds is 3. The zero-order chi connectivity index (χ0) is 20.1. The average molecular weight is 404 g/mol. The van der Waals surface area contributed by atoms with Crippen LogP contribution in [0.2, 0.25) is 0 Å². The number of carbonyl (C=O) groups is 1. The van der Waals surface area contributed by atoms with E-state index in [4.69, 9.17) is 11.5 Å². The highest BCUT2D eigenvalue weighted by atomic mass is 32.1. The highest BCUT2D eigenvalue weighted by Gasteiger charge is 2.34. The van der Waals surface area contributed by atoms with E-state index in [9.17, 15) is 18.0 Å². The van der Waals surface area contributed by atoms with Crippen molar-refractivity contribution in [2.75, 3.05) is 5.73 Å². The Morgan fingerprint density at radius 2 is 1.89 bits per heavy atom. The van der Waals surface area contributed by atoms with E-state index in [1.807, 2.05) is 0 Å². The molecule has 28 heavy (non-hydrogen) atoms. The number of benzene rings is 1. The first kappa shape index (κ1) is 17.9. The van der Waals surface area contributed by atoms with Gasteiger partial charge in [-0.1, -0.05) is 23.5 Å². The SMILES string of the molecule is NC(=O)c1cccc(-c2nn3c(-c4cnc(N)c(C(F)(F)F)c4)cnc3s2)c1. The van der Waals surface area contributed by atoms with E-state index < -0.39 is 23.5 Å². The molecule has 142 valence electrons. The Bertz CT molecular complexity index is 1210. The maximum absolute atomic E-state index is 13.1. The van der Waals surface area contributed by atoms with E-state index in [2.05, 4.69) is 15.1 Å². The minimum absolute atomic E-state index is 0.178. The Hall–Kier alpha value is -3.47. The van der Waals surface area contributed by atoms with E-state index in [0.717, 1.165) is 6.07 Å². The number of fused-ring (bicyclic) bond motifs is 1. The molecule has 0 saturated carbocycles. The lowest BCUT2D eigenvalue weighted by molar-refractivity contribution is -0.137. The number of nitrogens with two attached hydrogens (primary N) is 2. The van der Waals surface area contributed by atoms with Gasteiger partial charge in [0, 0.05) is 22.9 Å². The Kier molecular flexibility index (Phi) is 4.03. The first-order valence-electron chi connectivity index (χ1n) is 7.82. The molecular weight excluding hydrogens is 393 g/mol. The summed E-state index contributed by atoms with van der Waals surface area (Å²) in [5.41, 5.74) is 11.1. The molecule has 4 aromatic rings. The Balaban J connectivity index is 1.81. The Morgan fingerprint density at radius 1 is 1.11 bits per heavy atom. The van der Waals surface area contributed by atoms with Crippen molar-refractivity contribution < 1.29 is 18.0 Å². The zero-order valence-corrected chi connectivity index (χ0v) is 14.8. The Labute approximate surface area is 159 Å². The Morgan fingerprint density at radius 3 is 2.61 bits per heavy atom. The molecule has 3 heterocycles. The smallest absolute Gasteiger partial charge is 0.383 e. The van der Waals surface area contributed by atoms with Crippen molar-refractivity contribution in [2.24, 2.45) is 5.73 Å². The van der Waals surface area contributed by atoms with Gasteiger partial charge in [-0.3, -0.25) is 4.79 Å². The molecule has 3 aromatic heterocycles. The second kappa shape index (κ2) is 6.30. The number of imidazole rings is 1. The number of alkyl halides is 3. The summed E-state index contributed by atoms with van der Waals surface area (Å²) in [5, 5.41) is 4.95. The molecule has 7 nitrogen and oxygen atoms in total. The molecule has 0 radical (unpaired) electrons. The topological polar surface area (TPSA) is 112 Å². The van der Waals surface area contributed by atoms with Gasteiger partial charge in [0.15, 0.2) is 0 Å². The average Bonchev–Trinajstić information content (AvgIpc) is 3.22. The van der Waals surface area contributed by atoms with Crippen molar-refractivity contribution in [3.8, 4) is 21.8 Å². The molecule has 0 aliphatic rings. The minimum atomic E-state index is -4.63. The number of hydrogen-bond acceptors (Lipinski definition) is 6. The van der Waals surface area contributed by atoms with Gasteiger partial charge < -0.3 is 11.5 Å². The molecule has 0 fully saturated rings. The van der Waals surface area contributed by atoms with E-state index in [1.165, 1.54) is 28.2 Å². The fraction of sp³-hybridized carbons (Fsp3) is 0.0588. The van der Waals surface area contributed by atoms with E-state index in [1.54, 1.807) is 24.3 Å². The molecule has 11 heteroatoms. The number of carbonyl (C=O) groups excluding carboxylic acids is 1. The summed E-state index contributed by atoms with van der Waals surface area (Å²) in [6, 6.07) is 7.50. The lowest BCUT2D eigenvalue weighted by atomic mass is 10.1. The van der Waals surface area contributed by atoms with E-state index in [0.29, 0.717) is 26.8 Å². The van der Waals surface area contributed by atoms with Gasteiger partial charge in [0.25, 0.3) is 0 Å². The third-order valence-corrected chi connectivity index (χ3v) is 4.97. The van der Waals surface area contributed by atoms with Gasteiger partial charge in [-0.25, -0.2) is 14.5 Å². The molecule has 0 bridgehead atoms. The van der Waals surface area contributed by atoms with Crippen LogP contribution in [0.4, 0.5) is 19.0 Å². The summed E-state index contributed by atoms with van der Waals surface area (Å²) >= 11 is 1.22. The van der Waals surface area contributed by atoms with Crippen LogP contribution in [0.25, 0.3) is 26.8 Å². The van der Waals surface area contributed by atoms with Gasteiger partial charge in [-0.05, 0) is 18.2 Å². The van der Waals surface area contributed by atoms with Crippen LogP contribution in [0, 0.1) is 0 Å². The molecule has 0 aliphatic heterocycles.